The van der Waals surface area contributed by atoms with E-state index in [0.717, 1.165) is 0 Å². The van der Waals surface area contributed by atoms with Crippen molar-refractivity contribution in [2.45, 2.75) is 6.92 Å². The van der Waals surface area contributed by atoms with Crippen LogP contribution in [0, 0.1) is 0 Å². The molecule has 0 saturated carbocycles. The van der Waals surface area contributed by atoms with Gasteiger partial charge in [-0.05, 0) is 24.8 Å². The molecular weight excluding hydrogens is 253 g/mol. The maximum absolute atomic E-state index is 11.5. The SMILES string of the molecule is CCOC(=O)/C([O-])=C\C(=O)c1cncc(Cl)c1.[Li+]. The number of allylic oxidation sites excluding steroid dienone is 1. The third-order valence-electron chi connectivity index (χ3n) is 1.73. The van der Waals surface area contributed by atoms with Crippen molar-refractivity contribution in [2.75, 3.05) is 6.61 Å². The third kappa shape index (κ3) is 4.92. The van der Waals surface area contributed by atoms with Gasteiger partial charge in [-0.25, -0.2) is 4.79 Å². The van der Waals surface area contributed by atoms with Gasteiger partial charge in [-0.3, -0.25) is 9.78 Å². The van der Waals surface area contributed by atoms with E-state index in [2.05, 4.69) is 9.72 Å². The van der Waals surface area contributed by atoms with E-state index in [-0.39, 0.29) is 36.1 Å². The van der Waals surface area contributed by atoms with Gasteiger partial charge in [-0.15, -0.1) is 0 Å². The van der Waals surface area contributed by atoms with Crippen LogP contribution in [0.2, 0.25) is 5.02 Å². The quantitative estimate of drug-likeness (QED) is 0.201. The molecule has 90 valence electrons. The Kier molecular flexibility index (Phi) is 7.37. The number of rotatable bonds is 4. The topological polar surface area (TPSA) is 79.3 Å². The van der Waals surface area contributed by atoms with Crippen LogP contribution in [-0.4, -0.2) is 23.3 Å². The Balaban J connectivity index is 0.00000289. The Hall–Kier alpha value is -1.28. The minimum absolute atomic E-state index is 0. The normalized spacial score (nSPS) is 10.4. The van der Waals surface area contributed by atoms with E-state index < -0.39 is 17.5 Å². The molecule has 0 spiro atoms. The second-order valence-electron chi connectivity index (χ2n) is 2.99. The average Bonchev–Trinajstić information content (AvgIpc) is 2.29. The van der Waals surface area contributed by atoms with Crippen molar-refractivity contribution in [1.29, 1.82) is 0 Å². The fourth-order valence-corrected chi connectivity index (χ4v) is 1.18. The Morgan fingerprint density at radius 1 is 1.50 bits per heavy atom. The Morgan fingerprint density at radius 2 is 2.17 bits per heavy atom. The summed E-state index contributed by atoms with van der Waals surface area (Å²) >= 11 is 5.63. The molecule has 0 saturated heterocycles. The molecule has 0 amide bonds. The van der Waals surface area contributed by atoms with E-state index in [0.29, 0.717) is 6.08 Å². The van der Waals surface area contributed by atoms with Crippen molar-refractivity contribution >= 4 is 23.4 Å². The fraction of sp³-hybridized carbons (Fsp3) is 0.182. The zero-order chi connectivity index (χ0) is 12.8. The number of hydrogen-bond acceptors (Lipinski definition) is 5. The summed E-state index contributed by atoms with van der Waals surface area (Å²) < 4.78 is 4.45. The monoisotopic (exact) mass is 261 g/mol. The molecule has 0 aliphatic rings. The molecule has 18 heavy (non-hydrogen) atoms. The van der Waals surface area contributed by atoms with Crippen molar-refractivity contribution in [1.82, 2.24) is 4.98 Å². The van der Waals surface area contributed by atoms with E-state index in [4.69, 9.17) is 11.6 Å². The standard InChI is InChI=1S/C11H10ClNO4.Li/c1-2-17-11(16)10(15)4-9(14)7-3-8(12)6-13-5-7;/h3-6,15H,2H2,1H3;/q;+1/p-1/b10-4+;. The molecule has 0 radical (unpaired) electrons. The Bertz CT molecular complexity index is 476. The Morgan fingerprint density at radius 3 is 2.72 bits per heavy atom. The molecule has 1 aromatic heterocycles. The molecule has 0 bridgehead atoms. The molecule has 7 heteroatoms. The van der Waals surface area contributed by atoms with Crippen LogP contribution in [-0.2, 0) is 9.53 Å². The van der Waals surface area contributed by atoms with Gasteiger partial charge in [-0.2, -0.15) is 0 Å². The van der Waals surface area contributed by atoms with Crippen LogP contribution < -0.4 is 24.0 Å². The summed E-state index contributed by atoms with van der Waals surface area (Å²) in [6.45, 7) is 1.64. The van der Waals surface area contributed by atoms with Crippen LogP contribution in [0.1, 0.15) is 17.3 Å². The number of ketones is 1. The van der Waals surface area contributed by atoms with Crippen molar-refractivity contribution in [3.8, 4) is 0 Å². The maximum Gasteiger partial charge on any atom is 1.00 e. The van der Waals surface area contributed by atoms with Gasteiger partial charge in [0.15, 0.2) is 5.78 Å². The van der Waals surface area contributed by atoms with Gasteiger partial charge in [0.05, 0.1) is 11.6 Å². The molecule has 1 heterocycles. The molecule has 1 rings (SSSR count). The molecule has 0 atom stereocenters. The van der Waals surface area contributed by atoms with Crippen molar-refractivity contribution in [3.05, 3.63) is 40.9 Å². The molecule has 0 N–H and O–H groups in total. The predicted octanol–water partition coefficient (Wildman–Crippen LogP) is -2.27. The average molecular weight is 262 g/mol. The van der Waals surface area contributed by atoms with Gasteiger partial charge < -0.3 is 9.84 Å². The molecule has 0 fully saturated rings. The molecule has 0 aromatic carbocycles. The summed E-state index contributed by atoms with van der Waals surface area (Å²) in [7, 11) is 0. The molecule has 0 unspecified atom stereocenters. The first kappa shape index (κ1) is 16.7. The fourth-order valence-electron chi connectivity index (χ4n) is 1.01. The number of aromatic nitrogens is 1. The second kappa shape index (κ2) is 7.93. The van der Waals surface area contributed by atoms with E-state index in [1.165, 1.54) is 18.5 Å². The largest absolute Gasteiger partial charge is 1.00 e. The number of carbonyl (C=O) groups excluding carboxylic acids is 2. The van der Waals surface area contributed by atoms with Gasteiger partial charge >= 0.3 is 24.8 Å². The molecule has 5 nitrogen and oxygen atoms in total. The van der Waals surface area contributed by atoms with E-state index in [1.807, 2.05) is 0 Å². The number of carbonyl (C=O) groups is 2. The first-order valence-electron chi connectivity index (χ1n) is 4.75. The number of halogens is 1. The van der Waals surface area contributed by atoms with E-state index in [1.54, 1.807) is 6.92 Å². The van der Waals surface area contributed by atoms with Crippen molar-refractivity contribution in [3.63, 3.8) is 0 Å². The molecule has 0 aliphatic carbocycles. The first-order valence-corrected chi connectivity index (χ1v) is 5.13. The van der Waals surface area contributed by atoms with Gasteiger partial charge in [0, 0.05) is 18.0 Å². The number of pyridine rings is 1. The Labute approximate surface area is 121 Å². The van der Waals surface area contributed by atoms with Gasteiger partial charge in [0.25, 0.3) is 0 Å². The van der Waals surface area contributed by atoms with E-state index >= 15 is 0 Å². The summed E-state index contributed by atoms with van der Waals surface area (Å²) in [5.74, 6) is -2.70. The third-order valence-corrected chi connectivity index (χ3v) is 1.93. The summed E-state index contributed by atoms with van der Waals surface area (Å²) in [6.07, 6.45) is 3.26. The van der Waals surface area contributed by atoms with Gasteiger partial charge in [-0.1, -0.05) is 11.6 Å². The maximum atomic E-state index is 11.5. The van der Waals surface area contributed by atoms with Crippen molar-refractivity contribution < 1.29 is 38.3 Å². The minimum atomic E-state index is -1.06. The number of esters is 1. The van der Waals surface area contributed by atoms with Gasteiger partial charge in [0.2, 0.25) is 0 Å². The summed E-state index contributed by atoms with van der Waals surface area (Å²) in [6, 6.07) is 1.35. The van der Waals surface area contributed by atoms with Crippen molar-refractivity contribution in [2.24, 2.45) is 0 Å². The van der Waals surface area contributed by atoms with Crippen LogP contribution in [0.25, 0.3) is 0 Å². The van der Waals surface area contributed by atoms with Crippen LogP contribution in [0.4, 0.5) is 0 Å². The number of nitrogens with zero attached hydrogens (tertiary/aromatic N) is 1. The zero-order valence-electron chi connectivity index (χ0n) is 9.97. The predicted molar refractivity (Wildman–Crippen MR) is 58.3 cm³/mol. The molecule has 0 aliphatic heterocycles. The summed E-state index contributed by atoms with van der Waals surface area (Å²) in [5.41, 5.74) is 0.134. The number of ether oxygens (including phenoxy) is 1. The minimum Gasteiger partial charge on any atom is -0.867 e. The van der Waals surface area contributed by atoms with Crippen LogP contribution in [0.5, 0.6) is 0 Å². The summed E-state index contributed by atoms with van der Waals surface area (Å²) in [4.78, 5) is 26.2. The summed E-state index contributed by atoms with van der Waals surface area (Å²) in [5, 5.41) is 11.5. The van der Waals surface area contributed by atoms with Crippen LogP contribution in [0.3, 0.4) is 0 Å². The molecule has 1 aromatic rings. The zero-order valence-corrected chi connectivity index (χ0v) is 10.7. The first-order chi connectivity index (χ1) is 8.04. The molecular formula is C11H9ClLiNO4. The van der Waals surface area contributed by atoms with E-state index in [9.17, 15) is 14.7 Å². The van der Waals surface area contributed by atoms with Crippen LogP contribution in [0.15, 0.2) is 30.3 Å². The second-order valence-corrected chi connectivity index (χ2v) is 3.42. The van der Waals surface area contributed by atoms with Crippen LogP contribution >= 0.6 is 11.6 Å². The number of hydrogen-bond donors (Lipinski definition) is 0. The smallest absolute Gasteiger partial charge is 0.867 e. The van der Waals surface area contributed by atoms with Gasteiger partial charge in [0.1, 0.15) is 0 Å².